The summed E-state index contributed by atoms with van der Waals surface area (Å²) < 4.78 is 1.09. The zero-order valence-corrected chi connectivity index (χ0v) is 8.18. The molecule has 3 heteroatoms. The Morgan fingerprint density at radius 2 is 2.00 bits per heavy atom. The highest BCUT2D eigenvalue weighted by Crippen LogP contribution is 1.96. The molecule has 0 aromatic carbocycles. The van der Waals surface area contributed by atoms with Crippen molar-refractivity contribution in [2.45, 2.75) is 13.3 Å². The molecular formula is C8H21N2O+. The first-order valence-electron chi connectivity index (χ1n) is 4.20. The van der Waals surface area contributed by atoms with Gasteiger partial charge in [-0.2, -0.15) is 0 Å². The number of quaternary nitrogens is 1. The Hall–Kier alpha value is -0.120. The van der Waals surface area contributed by atoms with E-state index < -0.39 is 0 Å². The van der Waals surface area contributed by atoms with Gasteiger partial charge in [-0.1, -0.05) is 0 Å². The summed E-state index contributed by atoms with van der Waals surface area (Å²) in [7, 11) is 6.14. The third-order valence-electron chi connectivity index (χ3n) is 2.04. The van der Waals surface area contributed by atoms with Crippen molar-refractivity contribution in [3.63, 3.8) is 0 Å². The fourth-order valence-electron chi connectivity index (χ4n) is 0.839. The van der Waals surface area contributed by atoms with Crippen LogP contribution >= 0.6 is 0 Å². The molecule has 0 rings (SSSR count). The molecule has 1 N–H and O–H groups in total. The molecule has 0 atom stereocenters. The standard InChI is InChI=1S/C8H21N2O/c1-5-10(2,3)8-6-7-9-11-4/h9H,5-8H2,1-4H3/q+1. The molecule has 3 nitrogen and oxygen atoms in total. The molecule has 0 unspecified atom stereocenters. The summed E-state index contributed by atoms with van der Waals surface area (Å²) in [4.78, 5) is 4.73. The summed E-state index contributed by atoms with van der Waals surface area (Å²) in [6.07, 6.45) is 1.16. The second-order valence-electron chi connectivity index (χ2n) is 3.43. The minimum Gasteiger partial charge on any atom is -0.329 e. The summed E-state index contributed by atoms with van der Waals surface area (Å²) in [5, 5.41) is 0. The van der Waals surface area contributed by atoms with E-state index in [0.717, 1.165) is 17.4 Å². The molecule has 0 aliphatic heterocycles. The van der Waals surface area contributed by atoms with Gasteiger partial charge in [-0.05, 0) is 6.92 Å². The van der Waals surface area contributed by atoms with Crippen LogP contribution in [0.4, 0.5) is 0 Å². The quantitative estimate of drug-likeness (QED) is 0.350. The monoisotopic (exact) mass is 161 g/mol. The molecule has 0 aromatic heterocycles. The maximum Gasteiger partial charge on any atom is 0.0795 e. The van der Waals surface area contributed by atoms with Crippen LogP contribution in [0.25, 0.3) is 0 Å². The van der Waals surface area contributed by atoms with Crippen LogP contribution in [-0.2, 0) is 4.84 Å². The maximum absolute atomic E-state index is 4.73. The van der Waals surface area contributed by atoms with Crippen LogP contribution in [0, 0.1) is 0 Å². The van der Waals surface area contributed by atoms with Gasteiger partial charge in [-0.15, -0.1) is 0 Å². The van der Waals surface area contributed by atoms with Crippen molar-refractivity contribution in [3.8, 4) is 0 Å². The summed E-state index contributed by atoms with van der Waals surface area (Å²) in [5.41, 5.74) is 2.83. The van der Waals surface area contributed by atoms with Crippen LogP contribution in [-0.4, -0.2) is 45.3 Å². The van der Waals surface area contributed by atoms with Crippen LogP contribution < -0.4 is 5.48 Å². The SMILES string of the molecule is CC[N+](C)(C)CCCNOC. The van der Waals surface area contributed by atoms with Crippen molar-refractivity contribution in [2.24, 2.45) is 0 Å². The van der Waals surface area contributed by atoms with E-state index in [0.29, 0.717) is 0 Å². The molecule has 0 amide bonds. The van der Waals surface area contributed by atoms with Crippen molar-refractivity contribution >= 4 is 0 Å². The smallest absolute Gasteiger partial charge is 0.0795 e. The van der Waals surface area contributed by atoms with Gasteiger partial charge in [-0.3, -0.25) is 0 Å². The Morgan fingerprint density at radius 1 is 1.36 bits per heavy atom. The van der Waals surface area contributed by atoms with E-state index in [1.807, 2.05) is 0 Å². The van der Waals surface area contributed by atoms with E-state index in [1.54, 1.807) is 7.11 Å². The predicted octanol–water partition coefficient (Wildman–Crippen LogP) is 0.624. The zero-order chi connectivity index (χ0) is 8.74. The highest BCUT2D eigenvalue weighted by Gasteiger charge is 2.09. The molecule has 0 fully saturated rings. The fraction of sp³-hybridized carbons (Fsp3) is 1.00. The largest absolute Gasteiger partial charge is 0.329 e. The molecular weight excluding hydrogens is 140 g/mol. The molecule has 0 saturated heterocycles. The van der Waals surface area contributed by atoms with E-state index in [9.17, 15) is 0 Å². The third-order valence-corrected chi connectivity index (χ3v) is 2.04. The average molecular weight is 161 g/mol. The lowest BCUT2D eigenvalue weighted by atomic mass is 10.3. The fourth-order valence-corrected chi connectivity index (χ4v) is 0.839. The Labute approximate surface area is 69.9 Å². The molecule has 0 radical (unpaired) electrons. The van der Waals surface area contributed by atoms with Crippen LogP contribution in [0.5, 0.6) is 0 Å². The predicted molar refractivity (Wildman–Crippen MR) is 47.1 cm³/mol. The van der Waals surface area contributed by atoms with Crippen molar-refractivity contribution in [1.29, 1.82) is 0 Å². The molecule has 0 aliphatic carbocycles. The molecule has 0 aromatic rings. The van der Waals surface area contributed by atoms with Crippen LogP contribution in [0.2, 0.25) is 0 Å². The Morgan fingerprint density at radius 3 is 2.45 bits per heavy atom. The second-order valence-corrected chi connectivity index (χ2v) is 3.43. The summed E-state index contributed by atoms with van der Waals surface area (Å²) in [5.74, 6) is 0. The average Bonchev–Trinajstić information content (AvgIpc) is 1.99. The van der Waals surface area contributed by atoms with E-state index in [1.165, 1.54) is 13.1 Å². The summed E-state index contributed by atoms with van der Waals surface area (Å²) in [6, 6.07) is 0. The van der Waals surface area contributed by atoms with Crippen molar-refractivity contribution in [3.05, 3.63) is 0 Å². The second kappa shape index (κ2) is 5.52. The third kappa shape index (κ3) is 6.28. The molecule has 0 heterocycles. The first kappa shape index (κ1) is 10.9. The van der Waals surface area contributed by atoms with Crippen molar-refractivity contribution in [1.82, 2.24) is 5.48 Å². The van der Waals surface area contributed by atoms with Crippen LogP contribution in [0.1, 0.15) is 13.3 Å². The lowest BCUT2D eigenvalue weighted by Crippen LogP contribution is -2.40. The van der Waals surface area contributed by atoms with Gasteiger partial charge in [0.15, 0.2) is 0 Å². The minimum atomic E-state index is 0.943. The lowest BCUT2D eigenvalue weighted by Gasteiger charge is -2.27. The number of hydrogen-bond donors (Lipinski definition) is 1. The zero-order valence-electron chi connectivity index (χ0n) is 8.18. The van der Waals surface area contributed by atoms with Gasteiger partial charge >= 0.3 is 0 Å². The van der Waals surface area contributed by atoms with Crippen molar-refractivity contribution in [2.75, 3.05) is 40.8 Å². The van der Waals surface area contributed by atoms with E-state index in [-0.39, 0.29) is 0 Å². The number of hydroxylamine groups is 1. The van der Waals surface area contributed by atoms with Crippen molar-refractivity contribution < 1.29 is 9.32 Å². The number of nitrogens with one attached hydrogen (secondary N) is 1. The van der Waals surface area contributed by atoms with Crippen LogP contribution in [0.15, 0.2) is 0 Å². The van der Waals surface area contributed by atoms with Gasteiger partial charge in [0.1, 0.15) is 0 Å². The van der Waals surface area contributed by atoms with Gasteiger partial charge in [0.05, 0.1) is 34.3 Å². The summed E-state index contributed by atoms with van der Waals surface area (Å²) >= 11 is 0. The molecule has 68 valence electrons. The topological polar surface area (TPSA) is 21.3 Å². The van der Waals surface area contributed by atoms with E-state index in [2.05, 4.69) is 26.5 Å². The lowest BCUT2D eigenvalue weighted by molar-refractivity contribution is -0.888. The Kier molecular flexibility index (Phi) is 5.46. The normalized spacial score (nSPS) is 12.0. The first-order valence-corrected chi connectivity index (χ1v) is 4.20. The van der Waals surface area contributed by atoms with Gasteiger partial charge in [0, 0.05) is 13.0 Å². The summed E-state index contributed by atoms with van der Waals surface area (Å²) in [6.45, 7) is 5.54. The number of nitrogens with zero attached hydrogens (tertiary/aromatic N) is 1. The van der Waals surface area contributed by atoms with Gasteiger partial charge in [0.2, 0.25) is 0 Å². The highest BCUT2D eigenvalue weighted by atomic mass is 16.6. The van der Waals surface area contributed by atoms with Crippen LogP contribution in [0.3, 0.4) is 0 Å². The van der Waals surface area contributed by atoms with Gasteiger partial charge in [-0.25, -0.2) is 5.48 Å². The van der Waals surface area contributed by atoms with Gasteiger partial charge in [0.25, 0.3) is 0 Å². The van der Waals surface area contributed by atoms with E-state index >= 15 is 0 Å². The maximum atomic E-state index is 4.73. The molecule has 0 bridgehead atoms. The molecule has 0 aliphatic rings. The number of hydrogen-bond acceptors (Lipinski definition) is 2. The Balaban J connectivity index is 3.23. The molecule has 0 spiro atoms. The Bertz CT molecular complexity index is 94.1. The minimum absolute atomic E-state index is 0.943. The first-order chi connectivity index (χ1) is 5.12. The van der Waals surface area contributed by atoms with Gasteiger partial charge < -0.3 is 9.32 Å². The van der Waals surface area contributed by atoms with E-state index in [4.69, 9.17) is 4.84 Å². The molecule has 11 heavy (non-hydrogen) atoms. The number of rotatable bonds is 6. The molecule has 0 saturated carbocycles. The highest BCUT2D eigenvalue weighted by molar-refractivity contribution is 4.37.